The maximum Gasteiger partial charge on any atom is 0.0788 e. The number of hydrogen-bond donors (Lipinski definition) is 0. The lowest BCUT2D eigenvalue weighted by Gasteiger charge is -2.15. The second kappa shape index (κ2) is 9.69. The topological polar surface area (TPSA) is 9.86 Å². The Kier molecular flexibility index (Phi) is 5.31. The minimum atomic E-state index is 1.16. The maximum atomic E-state index is 2.43. The van der Waals surface area contributed by atoms with Gasteiger partial charge in [-0.3, -0.25) is 0 Å². The third-order valence-corrected chi connectivity index (χ3v) is 9.71. The van der Waals surface area contributed by atoms with Gasteiger partial charge in [-0.15, -0.1) is 0 Å². The van der Waals surface area contributed by atoms with Gasteiger partial charge in [0, 0.05) is 33.7 Å². The summed E-state index contributed by atoms with van der Waals surface area (Å²) in [7, 11) is 0. The molecule has 10 aromatic rings. The molecule has 0 unspecified atom stereocenters. The van der Waals surface area contributed by atoms with Crippen LogP contribution in [0, 0.1) is 0 Å². The Morgan fingerprint density at radius 3 is 1.72 bits per heavy atom. The van der Waals surface area contributed by atoms with Crippen LogP contribution in [0.1, 0.15) is 0 Å². The van der Waals surface area contributed by atoms with Gasteiger partial charge in [0.2, 0.25) is 0 Å². The molecule has 0 amide bonds. The average molecular weight is 585 g/mol. The smallest absolute Gasteiger partial charge is 0.0788 e. The molecule has 0 N–H and O–H groups in total. The van der Waals surface area contributed by atoms with E-state index >= 15 is 0 Å². The Balaban J connectivity index is 1.27. The molecule has 10 rings (SSSR count). The number of hydrogen-bond acceptors (Lipinski definition) is 0. The molecule has 0 aliphatic heterocycles. The molecule has 0 aliphatic rings. The minimum Gasteiger partial charge on any atom is -0.315 e. The van der Waals surface area contributed by atoms with Crippen molar-refractivity contribution < 1.29 is 0 Å². The molecule has 2 heteroatoms. The second-order valence-corrected chi connectivity index (χ2v) is 12.2. The summed E-state index contributed by atoms with van der Waals surface area (Å²) in [6.07, 6.45) is 2.23. The van der Waals surface area contributed by atoms with Crippen molar-refractivity contribution in [2.75, 3.05) is 0 Å². The van der Waals surface area contributed by atoms with Gasteiger partial charge in [0.1, 0.15) is 0 Å². The molecule has 0 saturated carbocycles. The molecule has 46 heavy (non-hydrogen) atoms. The number of rotatable bonds is 3. The Hall–Kier alpha value is -6.12. The first kappa shape index (κ1) is 25.2. The fourth-order valence-corrected chi connectivity index (χ4v) is 7.64. The van der Waals surface area contributed by atoms with Gasteiger partial charge in [0.15, 0.2) is 0 Å². The lowest BCUT2D eigenvalue weighted by Crippen LogP contribution is -1.98. The van der Waals surface area contributed by atoms with Gasteiger partial charge >= 0.3 is 0 Å². The van der Waals surface area contributed by atoms with Crippen molar-refractivity contribution in [1.82, 2.24) is 9.13 Å². The van der Waals surface area contributed by atoms with Crippen molar-refractivity contribution in [2.24, 2.45) is 0 Å². The monoisotopic (exact) mass is 584 g/mol. The fourth-order valence-electron chi connectivity index (χ4n) is 7.64. The molecule has 0 aliphatic carbocycles. The zero-order chi connectivity index (χ0) is 30.2. The van der Waals surface area contributed by atoms with Crippen LogP contribution in [0.3, 0.4) is 0 Å². The van der Waals surface area contributed by atoms with E-state index in [0.29, 0.717) is 0 Å². The van der Waals surface area contributed by atoms with E-state index in [-0.39, 0.29) is 0 Å². The van der Waals surface area contributed by atoms with E-state index in [4.69, 9.17) is 0 Å². The lowest BCUT2D eigenvalue weighted by molar-refractivity contribution is 1.12. The molecule has 8 aromatic carbocycles. The minimum absolute atomic E-state index is 1.16. The molecule has 0 bridgehead atoms. The molecular formula is C44H28N2. The van der Waals surface area contributed by atoms with E-state index in [1.54, 1.807) is 0 Å². The summed E-state index contributed by atoms with van der Waals surface area (Å²) in [5.74, 6) is 0. The van der Waals surface area contributed by atoms with E-state index in [1.165, 1.54) is 81.8 Å². The van der Waals surface area contributed by atoms with Crippen molar-refractivity contribution >= 4 is 65.0 Å². The van der Waals surface area contributed by atoms with Crippen LogP contribution in [-0.2, 0) is 0 Å². The molecular weight excluding hydrogens is 556 g/mol. The van der Waals surface area contributed by atoms with Crippen LogP contribution in [0.4, 0.5) is 0 Å². The molecule has 2 heterocycles. The van der Waals surface area contributed by atoms with E-state index in [2.05, 4.69) is 179 Å². The van der Waals surface area contributed by atoms with Crippen LogP contribution in [0.2, 0.25) is 0 Å². The van der Waals surface area contributed by atoms with Gasteiger partial charge in [0.05, 0.1) is 16.6 Å². The van der Waals surface area contributed by atoms with E-state index in [9.17, 15) is 0 Å². The normalized spacial score (nSPS) is 11.9. The van der Waals surface area contributed by atoms with E-state index in [1.807, 2.05) is 0 Å². The van der Waals surface area contributed by atoms with E-state index in [0.717, 1.165) is 5.69 Å². The highest BCUT2D eigenvalue weighted by atomic mass is 15.0. The molecule has 214 valence electrons. The Labute approximate surface area is 266 Å². The van der Waals surface area contributed by atoms with Crippen LogP contribution in [0.15, 0.2) is 170 Å². The molecule has 2 nitrogen and oxygen atoms in total. The predicted octanol–water partition coefficient (Wildman–Crippen LogP) is 11.9. The Morgan fingerprint density at radius 1 is 0.326 bits per heavy atom. The fraction of sp³-hybridized carbons (Fsp3) is 0. The highest BCUT2D eigenvalue weighted by Crippen LogP contribution is 2.40. The van der Waals surface area contributed by atoms with Crippen LogP contribution in [-0.4, -0.2) is 9.13 Å². The number of benzene rings is 8. The highest BCUT2D eigenvalue weighted by Gasteiger charge is 2.18. The third kappa shape index (κ3) is 3.59. The molecule has 0 atom stereocenters. The first-order valence-corrected chi connectivity index (χ1v) is 15.9. The van der Waals surface area contributed by atoms with Gasteiger partial charge in [-0.2, -0.15) is 0 Å². The lowest BCUT2D eigenvalue weighted by atomic mass is 9.92. The standard InChI is InChI=1S/C44H28N2/c1-3-11-29(12-4-1)31-20-22-36-37-24-21-33(28-41(37)35-16-8-7-15-34(35)40(36)27-31)45-26-25-30-19-23-39-38-17-9-10-18-42(38)46(44(39)43(30)45)32-13-5-2-6-14-32/h1-28H. The molecule has 0 radical (unpaired) electrons. The SMILES string of the molecule is c1ccc(-c2ccc3c4ccc(-n5ccc6ccc7c8ccccc8n(-c8ccccc8)c7c65)cc4c4ccccc4c3c2)cc1. The maximum absolute atomic E-state index is 2.43. The van der Waals surface area contributed by atoms with Crippen molar-refractivity contribution in [3.05, 3.63) is 170 Å². The summed E-state index contributed by atoms with van der Waals surface area (Å²) in [6.45, 7) is 0. The number of fused-ring (bicyclic) bond motifs is 11. The quantitative estimate of drug-likeness (QED) is 0.183. The number of para-hydroxylation sites is 2. The zero-order valence-corrected chi connectivity index (χ0v) is 25.1. The van der Waals surface area contributed by atoms with Crippen LogP contribution < -0.4 is 0 Å². The average Bonchev–Trinajstić information content (AvgIpc) is 3.72. The largest absolute Gasteiger partial charge is 0.315 e. The molecule has 0 fully saturated rings. The van der Waals surface area contributed by atoms with Gasteiger partial charge in [0.25, 0.3) is 0 Å². The Bertz CT molecular complexity index is 2760. The Morgan fingerprint density at radius 2 is 0.935 bits per heavy atom. The summed E-state index contributed by atoms with van der Waals surface area (Å²) >= 11 is 0. The summed E-state index contributed by atoms with van der Waals surface area (Å²) in [4.78, 5) is 0. The van der Waals surface area contributed by atoms with Crippen molar-refractivity contribution in [2.45, 2.75) is 0 Å². The van der Waals surface area contributed by atoms with Crippen LogP contribution >= 0.6 is 0 Å². The highest BCUT2D eigenvalue weighted by molar-refractivity contribution is 6.26. The summed E-state index contributed by atoms with van der Waals surface area (Å²) in [5, 5.41) is 11.4. The van der Waals surface area contributed by atoms with Gasteiger partial charge < -0.3 is 9.13 Å². The number of nitrogens with zero attached hydrogens (tertiary/aromatic N) is 2. The van der Waals surface area contributed by atoms with Gasteiger partial charge in [-0.1, -0.05) is 121 Å². The van der Waals surface area contributed by atoms with Crippen molar-refractivity contribution in [3.63, 3.8) is 0 Å². The molecule has 2 aromatic heterocycles. The van der Waals surface area contributed by atoms with Crippen LogP contribution in [0.25, 0.3) is 87.5 Å². The van der Waals surface area contributed by atoms with Crippen molar-refractivity contribution in [3.8, 4) is 22.5 Å². The van der Waals surface area contributed by atoms with Gasteiger partial charge in [-0.25, -0.2) is 0 Å². The molecule has 0 saturated heterocycles. The number of aromatic nitrogens is 2. The predicted molar refractivity (Wildman–Crippen MR) is 196 cm³/mol. The first-order valence-electron chi connectivity index (χ1n) is 15.9. The second-order valence-electron chi connectivity index (χ2n) is 12.2. The first-order chi connectivity index (χ1) is 22.8. The summed E-state index contributed by atoms with van der Waals surface area (Å²) in [6, 6.07) is 59.7. The van der Waals surface area contributed by atoms with Gasteiger partial charge in [-0.05, 0) is 85.9 Å². The zero-order valence-electron chi connectivity index (χ0n) is 25.1. The summed E-state index contributed by atoms with van der Waals surface area (Å²) in [5.41, 5.74) is 8.47. The van der Waals surface area contributed by atoms with Crippen molar-refractivity contribution in [1.29, 1.82) is 0 Å². The molecule has 0 spiro atoms. The van der Waals surface area contributed by atoms with Crippen LogP contribution in [0.5, 0.6) is 0 Å². The third-order valence-electron chi connectivity index (χ3n) is 9.71. The van der Waals surface area contributed by atoms with E-state index < -0.39 is 0 Å². The summed E-state index contributed by atoms with van der Waals surface area (Å²) < 4.78 is 4.81.